The first-order chi connectivity index (χ1) is 10.7. The van der Waals surface area contributed by atoms with Crippen LogP contribution in [0, 0.1) is 5.82 Å². The zero-order valence-electron chi connectivity index (χ0n) is 14.6. The number of ether oxygens (including phenoxy) is 1. The summed E-state index contributed by atoms with van der Waals surface area (Å²) in [5.41, 5.74) is 0.386. The van der Waals surface area contributed by atoms with E-state index >= 15 is 0 Å². The van der Waals surface area contributed by atoms with Gasteiger partial charge in [0.1, 0.15) is 5.82 Å². The van der Waals surface area contributed by atoms with Gasteiger partial charge in [-0.05, 0) is 46.8 Å². The molecule has 2 aliphatic rings. The third-order valence-electron chi connectivity index (χ3n) is 5.10. The van der Waals surface area contributed by atoms with Crippen LogP contribution in [0.3, 0.4) is 0 Å². The predicted octanol–water partition coefficient (Wildman–Crippen LogP) is 2.35. The first kappa shape index (κ1) is 16.7. The number of hydrogen-bond acceptors (Lipinski definition) is 4. The Kier molecular flexibility index (Phi) is 4.19. The Morgan fingerprint density at radius 3 is 2.39 bits per heavy atom. The van der Waals surface area contributed by atoms with Gasteiger partial charge in [0.05, 0.1) is 23.9 Å². The Morgan fingerprint density at radius 1 is 1.17 bits per heavy atom. The molecule has 2 fully saturated rings. The average molecular weight is 321 g/mol. The van der Waals surface area contributed by atoms with Crippen molar-refractivity contribution in [1.29, 1.82) is 0 Å². The minimum absolute atomic E-state index is 0.162. The third kappa shape index (κ3) is 3.12. The van der Waals surface area contributed by atoms with Crippen LogP contribution in [0.5, 0.6) is 0 Å². The van der Waals surface area contributed by atoms with Gasteiger partial charge in [0.2, 0.25) is 0 Å². The number of morpholine rings is 1. The predicted molar refractivity (Wildman–Crippen MR) is 89.7 cm³/mol. The minimum atomic E-state index is -0.669. The van der Waals surface area contributed by atoms with E-state index in [-0.39, 0.29) is 11.9 Å². The molecule has 2 heterocycles. The highest BCUT2D eigenvalue weighted by molar-refractivity contribution is 6.62. The Labute approximate surface area is 138 Å². The van der Waals surface area contributed by atoms with E-state index in [2.05, 4.69) is 4.90 Å². The molecule has 0 aliphatic carbocycles. The summed E-state index contributed by atoms with van der Waals surface area (Å²) in [5.74, 6) is -0.292. The van der Waals surface area contributed by atoms with Crippen LogP contribution in [0.25, 0.3) is 0 Å². The highest BCUT2D eigenvalue weighted by atomic mass is 19.1. The lowest BCUT2D eigenvalue weighted by Crippen LogP contribution is -2.42. The lowest BCUT2D eigenvalue weighted by atomic mass is 9.78. The van der Waals surface area contributed by atoms with Crippen LogP contribution in [0.2, 0.25) is 0 Å². The molecule has 2 saturated heterocycles. The summed E-state index contributed by atoms with van der Waals surface area (Å²) in [5, 5.41) is 0. The molecule has 0 N–H and O–H groups in total. The Bertz CT molecular complexity index is 577. The second-order valence-electron chi connectivity index (χ2n) is 7.42. The molecule has 6 heteroatoms. The number of benzene rings is 1. The largest absolute Gasteiger partial charge is 0.497 e. The highest BCUT2D eigenvalue weighted by Crippen LogP contribution is 2.36. The van der Waals surface area contributed by atoms with E-state index < -0.39 is 18.3 Å². The molecular formula is C17H25BFNO3. The molecule has 23 heavy (non-hydrogen) atoms. The molecule has 0 bridgehead atoms. The Hall–Kier alpha value is -1.11. The average Bonchev–Trinajstić information content (AvgIpc) is 2.67. The van der Waals surface area contributed by atoms with Crippen molar-refractivity contribution in [2.45, 2.75) is 51.9 Å². The molecule has 4 nitrogen and oxygen atoms in total. The molecule has 0 unspecified atom stereocenters. The number of hydrogen-bond donors (Lipinski definition) is 0. The summed E-state index contributed by atoms with van der Waals surface area (Å²) in [6, 6.07) is 5.27. The SMILES string of the molecule is C[C@@H]1CN(c2ccc(B3OC(C)(C)C(C)(C)O3)c(F)c2)CCO1. The smallest absolute Gasteiger partial charge is 0.399 e. The van der Waals surface area contributed by atoms with Crippen molar-refractivity contribution in [1.82, 2.24) is 0 Å². The van der Waals surface area contributed by atoms with Crippen LogP contribution in [0.1, 0.15) is 34.6 Å². The maximum absolute atomic E-state index is 14.6. The molecule has 1 aromatic rings. The normalized spacial score (nSPS) is 26.6. The minimum Gasteiger partial charge on any atom is -0.399 e. The molecule has 3 rings (SSSR count). The quantitative estimate of drug-likeness (QED) is 0.783. The number of halogens is 1. The van der Waals surface area contributed by atoms with Gasteiger partial charge >= 0.3 is 7.12 Å². The van der Waals surface area contributed by atoms with Crippen molar-refractivity contribution in [3.63, 3.8) is 0 Å². The summed E-state index contributed by atoms with van der Waals surface area (Å²) in [7, 11) is -0.669. The zero-order chi connectivity index (χ0) is 16.8. The van der Waals surface area contributed by atoms with Crippen molar-refractivity contribution in [2.24, 2.45) is 0 Å². The Balaban J connectivity index is 1.81. The molecule has 126 valence electrons. The van der Waals surface area contributed by atoms with Gasteiger partial charge in [-0.1, -0.05) is 6.07 Å². The fraction of sp³-hybridized carbons (Fsp3) is 0.647. The van der Waals surface area contributed by atoms with E-state index in [1.165, 1.54) is 0 Å². The van der Waals surface area contributed by atoms with Crippen molar-refractivity contribution in [3.8, 4) is 0 Å². The van der Waals surface area contributed by atoms with E-state index in [9.17, 15) is 4.39 Å². The summed E-state index contributed by atoms with van der Waals surface area (Å²) >= 11 is 0. The molecule has 2 aliphatic heterocycles. The van der Waals surface area contributed by atoms with Gasteiger partial charge in [-0.25, -0.2) is 4.39 Å². The molecule has 1 aromatic carbocycles. The fourth-order valence-electron chi connectivity index (χ4n) is 2.93. The molecule has 1 atom stereocenters. The molecule has 0 aromatic heterocycles. The van der Waals surface area contributed by atoms with Gasteiger partial charge in [-0.15, -0.1) is 0 Å². The van der Waals surface area contributed by atoms with Gasteiger partial charge < -0.3 is 18.9 Å². The first-order valence-corrected chi connectivity index (χ1v) is 8.21. The van der Waals surface area contributed by atoms with Crippen molar-refractivity contribution < 1.29 is 18.4 Å². The summed E-state index contributed by atoms with van der Waals surface area (Å²) < 4.78 is 32.1. The lowest BCUT2D eigenvalue weighted by Gasteiger charge is -2.33. The second-order valence-corrected chi connectivity index (χ2v) is 7.42. The summed E-state index contributed by atoms with van der Waals surface area (Å²) in [6.07, 6.45) is 0.162. The summed E-state index contributed by atoms with van der Waals surface area (Å²) in [4.78, 5) is 2.14. The zero-order valence-corrected chi connectivity index (χ0v) is 14.6. The van der Waals surface area contributed by atoms with Crippen LogP contribution in [-0.4, -0.2) is 44.1 Å². The number of nitrogens with zero attached hydrogens (tertiary/aromatic N) is 1. The highest BCUT2D eigenvalue weighted by Gasteiger charge is 2.52. The standard InChI is InChI=1S/C17H25BFNO3/c1-12-11-20(8-9-21-12)13-6-7-14(15(19)10-13)18-22-16(2,3)17(4,5)23-18/h6-7,10,12H,8-9,11H2,1-5H3/t12-/m1/s1. The monoisotopic (exact) mass is 321 g/mol. The molecule has 0 amide bonds. The van der Waals surface area contributed by atoms with E-state index in [4.69, 9.17) is 14.0 Å². The van der Waals surface area contributed by atoms with Gasteiger partial charge in [-0.2, -0.15) is 0 Å². The van der Waals surface area contributed by atoms with Crippen LogP contribution in [-0.2, 0) is 14.0 Å². The third-order valence-corrected chi connectivity index (χ3v) is 5.10. The molecule has 0 radical (unpaired) electrons. The van der Waals surface area contributed by atoms with E-state index in [1.54, 1.807) is 12.1 Å². The van der Waals surface area contributed by atoms with Crippen molar-refractivity contribution in [3.05, 3.63) is 24.0 Å². The van der Waals surface area contributed by atoms with Crippen molar-refractivity contribution in [2.75, 3.05) is 24.6 Å². The maximum atomic E-state index is 14.6. The van der Waals surface area contributed by atoms with E-state index in [0.717, 1.165) is 18.8 Å². The molecular weight excluding hydrogens is 296 g/mol. The number of rotatable bonds is 2. The first-order valence-electron chi connectivity index (χ1n) is 8.21. The summed E-state index contributed by atoms with van der Waals surface area (Å²) in [6.45, 7) is 12.1. The van der Waals surface area contributed by atoms with Crippen LogP contribution < -0.4 is 10.4 Å². The maximum Gasteiger partial charge on any atom is 0.497 e. The van der Waals surface area contributed by atoms with E-state index in [0.29, 0.717) is 12.1 Å². The molecule has 0 spiro atoms. The van der Waals surface area contributed by atoms with Gasteiger partial charge in [0.25, 0.3) is 0 Å². The van der Waals surface area contributed by atoms with Crippen molar-refractivity contribution >= 4 is 18.3 Å². The Morgan fingerprint density at radius 2 is 1.83 bits per heavy atom. The van der Waals surface area contributed by atoms with Gasteiger partial charge in [-0.3, -0.25) is 0 Å². The lowest BCUT2D eigenvalue weighted by molar-refractivity contribution is 0.00578. The van der Waals surface area contributed by atoms with Gasteiger partial charge in [0, 0.05) is 24.2 Å². The van der Waals surface area contributed by atoms with Gasteiger partial charge in [0.15, 0.2) is 0 Å². The van der Waals surface area contributed by atoms with Crippen LogP contribution in [0.15, 0.2) is 18.2 Å². The topological polar surface area (TPSA) is 30.9 Å². The number of anilines is 1. The second kappa shape index (κ2) is 5.76. The van der Waals surface area contributed by atoms with Crippen LogP contribution >= 0.6 is 0 Å². The van der Waals surface area contributed by atoms with Crippen LogP contribution in [0.4, 0.5) is 10.1 Å². The molecule has 0 saturated carbocycles. The fourth-order valence-corrected chi connectivity index (χ4v) is 2.93. The van der Waals surface area contributed by atoms with E-state index in [1.807, 2.05) is 40.7 Å².